The number of nitrogens with zero attached hydrogens (tertiary/aromatic N) is 1. The molecule has 0 aliphatic heterocycles. The lowest BCUT2D eigenvalue weighted by Gasteiger charge is -2.20. The van der Waals surface area contributed by atoms with Gasteiger partial charge in [0, 0.05) is 30.6 Å². The second-order valence-corrected chi connectivity index (χ2v) is 6.45. The lowest BCUT2D eigenvalue weighted by molar-refractivity contribution is 0.328. The molecule has 0 unspecified atom stereocenters. The van der Waals surface area contributed by atoms with Gasteiger partial charge in [-0.3, -0.25) is 0 Å². The van der Waals surface area contributed by atoms with Crippen molar-refractivity contribution in [2.24, 2.45) is 5.92 Å². The van der Waals surface area contributed by atoms with Crippen LogP contribution in [0, 0.1) is 19.8 Å². The quantitative estimate of drug-likeness (QED) is 0.887. The molecular formula is C18H24N2O2. The van der Waals surface area contributed by atoms with Crippen molar-refractivity contribution in [2.75, 3.05) is 0 Å². The first-order valence-electron chi connectivity index (χ1n) is 8.06. The van der Waals surface area contributed by atoms with E-state index in [9.17, 15) is 5.11 Å². The Bertz CT molecular complexity index is 636. The van der Waals surface area contributed by atoms with Gasteiger partial charge in [0.15, 0.2) is 0 Å². The van der Waals surface area contributed by atoms with E-state index in [1.165, 1.54) is 24.8 Å². The van der Waals surface area contributed by atoms with Gasteiger partial charge in [0.1, 0.15) is 11.5 Å². The van der Waals surface area contributed by atoms with E-state index in [0.717, 1.165) is 23.4 Å². The molecule has 1 aliphatic carbocycles. The number of nitrogens with one attached hydrogen (secondary N) is 1. The third-order valence-corrected chi connectivity index (χ3v) is 4.59. The Kier molecular flexibility index (Phi) is 4.48. The number of phenolic OH excluding ortho intramolecular Hbond substituents is 1. The molecule has 1 aromatic heterocycles. The van der Waals surface area contributed by atoms with E-state index in [-0.39, 0.29) is 0 Å². The van der Waals surface area contributed by atoms with Crippen molar-refractivity contribution < 1.29 is 9.63 Å². The normalized spacial score (nSPS) is 21.4. The molecule has 3 rings (SSSR count). The minimum atomic E-state index is 0.374. The molecule has 0 saturated heterocycles. The van der Waals surface area contributed by atoms with Crippen LogP contribution in [0.25, 0.3) is 0 Å². The van der Waals surface area contributed by atoms with E-state index in [4.69, 9.17) is 4.52 Å². The summed E-state index contributed by atoms with van der Waals surface area (Å²) in [6, 6.07) is 8.26. The first-order chi connectivity index (χ1) is 10.6. The summed E-state index contributed by atoms with van der Waals surface area (Å²) in [5.74, 6) is 1.94. The van der Waals surface area contributed by atoms with E-state index >= 15 is 0 Å². The van der Waals surface area contributed by atoms with Gasteiger partial charge in [-0.05, 0) is 38.7 Å². The summed E-state index contributed by atoms with van der Waals surface area (Å²) in [5, 5.41) is 17.5. The Balaban J connectivity index is 1.60. The van der Waals surface area contributed by atoms with Crippen LogP contribution in [0.2, 0.25) is 0 Å². The summed E-state index contributed by atoms with van der Waals surface area (Å²) in [5.41, 5.74) is 3.10. The predicted octanol–water partition coefficient (Wildman–Crippen LogP) is 3.50. The molecule has 1 aliphatic rings. The molecule has 22 heavy (non-hydrogen) atoms. The molecule has 1 fully saturated rings. The van der Waals surface area contributed by atoms with E-state index in [0.29, 0.717) is 24.3 Å². The number of aromatic hydroxyl groups is 1. The average Bonchev–Trinajstić information content (AvgIpc) is 3.10. The second kappa shape index (κ2) is 6.53. The molecular weight excluding hydrogens is 276 g/mol. The number of hydrogen-bond donors (Lipinski definition) is 2. The van der Waals surface area contributed by atoms with Crippen LogP contribution >= 0.6 is 0 Å². The third kappa shape index (κ3) is 3.50. The van der Waals surface area contributed by atoms with Crippen LogP contribution in [0.15, 0.2) is 28.8 Å². The summed E-state index contributed by atoms with van der Waals surface area (Å²) in [6.45, 7) is 4.72. The molecule has 0 amide bonds. The van der Waals surface area contributed by atoms with Crippen molar-refractivity contribution in [3.05, 3.63) is 46.8 Å². The van der Waals surface area contributed by atoms with Crippen molar-refractivity contribution in [1.29, 1.82) is 0 Å². The van der Waals surface area contributed by atoms with Gasteiger partial charge in [-0.25, -0.2) is 0 Å². The summed E-state index contributed by atoms with van der Waals surface area (Å²) in [4.78, 5) is 0. The second-order valence-electron chi connectivity index (χ2n) is 6.45. The monoisotopic (exact) mass is 300 g/mol. The van der Waals surface area contributed by atoms with Gasteiger partial charge < -0.3 is 14.9 Å². The molecule has 1 aromatic carbocycles. The van der Waals surface area contributed by atoms with Crippen molar-refractivity contribution in [2.45, 2.75) is 52.1 Å². The van der Waals surface area contributed by atoms with Crippen LogP contribution in [0.4, 0.5) is 0 Å². The number of benzene rings is 1. The summed E-state index contributed by atoms with van der Waals surface area (Å²) >= 11 is 0. The molecule has 1 heterocycles. The number of phenols is 1. The SMILES string of the molecule is Cc1ccc(O)c(CN[C@@H]2CCC[C@H]2Cc2cc(C)no2)c1. The van der Waals surface area contributed by atoms with Crippen molar-refractivity contribution in [1.82, 2.24) is 10.5 Å². The number of aromatic nitrogens is 1. The van der Waals surface area contributed by atoms with Crippen LogP contribution in [0.3, 0.4) is 0 Å². The van der Waals surface area contributed by atoms with Crippen LogP contribution < -0.4 is 5.32 Å². The predicted molar refractivity (Wildman–Crippen MR) is 85.8 cm³/mol. The number of aryl methyl sites for hydroxylation is 2. The van der Waals surface area contributed by atoms with Gasteiger partial charge in [-0.2, -0.15) is 0 Å². The first-order valence-corrected chi connectivity index (χ1v) is 8.06. The Morgan fingerprint density at radius 3 is 2.91 bits per heavy atom. The number of rotatable bonds is 5. The van der Waals surface area contributed by atoms with E-state index in [1.54, 1.807) is 6.07 Å². The zero-order chi connectivity index (χ0) is 15.5. The fourth-order valence-electron chi connectivity index (χ4n) is 3.42. The maximum Gasteiger partial charge on any atom is 0.137 e. The summed E-state index contributed by atoms with van der Waals surface area (Å²) in [6.07, 6.45) is 4.59. The van der Waals surface area contributed by atoms with Crippen molar-refractivity contribution >= 4 is 0 Å². The lowest BCUT2D eigenvalue weighted by atomic mass is 9.97. The van der Waals surface area contributed by atoms with Crippen molar-refractivity contribution in [3.8, 4) is 5.75 Å². The molecule has 2 aromatic rings. The largest absolute Gasteiger partial charge is 0.508 e. The van der Waals surface area contributed by atoms with Crippen LogP contribution in [-0.2, 0) is 13.0 Å². The molecule has 0 spiro atoms. The van der Waals surface area contributed by atoms with Crippen LogP contribution in [0.5, 0.6) is 5.75 Å². The topological polar surface area (TPSA) is 58.3 Å². The number of hydrogen-bond acceptors (Lipinski definition) is 4. The van der Waals surface area contributed by atoms with Crippen LogP contribution in [0.1, 0.15) is 41.8 Å². The minimum absolute atomic E-state index is 0.374. The summed E-state index contributed by atoms with van der Waals surface area (Å²) < 4.78 is 5.35. The molecule has 1 saturated carbocycles. The molecule has 0 bridgehead atoms. The molecule has 0 radical (unpaired) electrons. The highest BCUT2D eigenvalue weighted by Crippen LogP contribution is 2.30. The van der Waals surface area contributed by atoms with Gasteiger partial charge in [0.2, 0.25) is 0 Å². The third-order valence-electron chi connectivity index (χ3n) is 4.59. The molecule has 4 heteroatoms. The van der Waals surface area contributed by atoms with E-state index in [1.807, 2.05) is 32.0 Å². The Morgan fingerprint density at radius 1 is 1.27 bits per heavy atom. The maximum absolute atomic E-state index is 9.95. The summed E-state index contributed by atoms with van der Waals surface area (Å²) in [7, 11) is 0. The maximum atomic E-state index is 9.95. The minimum Gasteiger partial charge on any atom is -0.508 e. The zero-order valence-corrected chi connectivity index (χ0v) is 13.3. The Morgan fingerprint density at radius 2 is 2.14 bits per heavy atom. The van der Waals surface area contributed by atoms with Crippen LogP contribution in [-0.4, -0.2) is 16.3 Å². The van der Waals surface area contributed by atoms with E-state index in [2.05, 4.69) is 10.5 Å². The Labute approximate surface area is 131 Å². The van der Waals surface area contributed by atoms with Gasteiger partial charge in [0.25, 0.3) is 0 Å². The smallest absolute Gasteiger partial charge is 0.137 e. The highest BCUT2D eigenvalue weighted by Gasteiger charge is 2.28. The van der Waals surface area contributed by atoms with Gasteiger partial charge in [0.05, 0.1) is 5.69 Å². The lowest BCUT2D eigenvalue weighted by Crippen LogP contribution is -2.32. The Hall–Kier alpha value is -1.81. The standard InChI is InChI=1S/C18H24N2O2/c1-12-6-7-18(21)15(8-12)11-19-17-5-3-4-14(17)10-16-9-13(2)20-22-16/h6-9,14,17,19,21H,3-5,10-11H2,1-2H3/t14-,17+/m0/s1. The highest BCUT2D eigenvalue weighted by atomic mass is 16.5. The fraction of sp³-hybridized carbons (Fsp3) is 0.500. The fourth-order valence-corrected chi connectivity index (χ4v) is 3.42. The van der Waals surface area contributed by atoms with Gasteiger partial charge >= 0.3 is 0 Å². The van der Waals surface area contributed by atoms with E-state index < -0.39 is 0 Å². The van der Waals surface area contributed by atoms with Gasteiger partial charge in [-0.1, -0.05) is 29.3 Å². The molecule has 118 valence electrons. The first kappa shape index (κ1) is 15.1. The highest BCUT2D eigenvalue weighted by molar-refractivity contribution is 5.35. The average molecular weight is 300 g/mol. The molecule has 2 atom stereocenters. The van der Waals surface area contributed by atoms with Crippen molar-refractivity contribution in [3.63, 3.8) is 0 Å². The molecule has 4 nitrogen and oxygen atoms in total. The van der Waals surface area contributed by atoms with Gasteiger partial charge in [-0.15, -0.1) is 0 Å². The molecule has 2 N–H and O–H groups in total. The zero-order valence-electron chi connectivity index (χ0n) is 13.3.